The van der Waals surface area contributed by atoms with Crippen molar-refractivity contribution in [3.63, 3.8) is 0 Å². The largest absolute Gasteiger partial charge is 0.377 e. The molecule has 10 nitrogen and oxygen atoms in total. The lowest BCUT2D eigenvalue weighted by atomic mass is 10.2. The van der Waals surface area contributed by atoms with Gasteiger partial charge in [0.05, 0.1) is 22.5 Å². The lowest BCUT2D eigenvalue weighted by Crippen LogP contribution is -2.46. The molecule has 1 saturated carbocycles. The number of nitrogens with one attached hydrogen (secondary N) is 2. The summed E-state index contributed by atoms with van der Waals surface area (Å²) < 4.78 is 32.9. The number of anilines is 1. The van der Waals surface area contributed by atoms with E-state index in [1.54, 1.807) is 18.2 Å². The number of benzene rings is 2. The van der Waals surface area contributed by atoms with Crippen molar-refractivity contribution >= 4 is 27.3 Å². The third-order valence-corrected chi connectivity index (χ3v) is 6.82. The second-order valence-electron chi connectivity index (χ2n) is 7.84. The molecule has 2 aromatic carbocycles. The Kier molecular flexibility index (Phi) is 6.40. The van der Waals surface area contributed by atoms with E-state index < -0.39 is 26.5 Å². The van der Waals surface area contributed by atoms with Gasteiger partial charge in [0.2, 0.25) is 0 Å². The van der Waals surface area contributed by atoms with Crippen LogP contribution >= 0.6 is 0 Å². The second kappa shape index (κ2) is 9.23. The van der Waals surface area contributed by atoms with E-state index in [1.165, 1.54) is 37.1 Å². The summed E-state index contributed by atoms with van der Waals surface area (Å²) in [4.78, 5) is 25.2. The van der Waals surface area contributed by atoms with Gasteiger partial charge in [-0.25, -0.2) is 13.1 Å². The number of hydrogen-bond acceptors (Lipinski definition) is 8. The number of hydrogen-bond donors (Lipinski definition) is 2. The predicted molar refractivity (Wildman–Crippen MR) is 117 cm³/mol. The SMILES string of the molecule is O=C(NS(=O)(=O)c1ccc(NC[C@H]2CN(C3CC3)CCO2)c([N+](=O)[O-])c1)c1ccccc1. The first-order valence-electron chi connectivity index (χ1n) is 10.3. The summed E-state index contributed by atoms with van der Waals surface area (Å²) in [5, 5.41) is 14.6. The van der Waals surface area contributed by atoms with Crippen molar-refractivity contribution in [1.29, 1.82) is 0 Å². The number of carbonyl (C=O) groups is 1. The number of nitro benzene ring substituents is 1. The second-order valence-corrected chi connectivity index (χ2v) is 9.52. The van der Waals surface area contributed by atoms with Gasteiger partial charge in [-0.2, -0.15) is 0 Å². The molecule has 2 N–H and O–H groups in total. The van der Waals surface area contributed by atoms with Crippen LogP contribution in [0.2, 0.25) is 0 Å². The van der Waals surface area contributed by atoms with Crippen LogP contribution in [0.4, 0.5) is 11.4 Å². The summed E-state index contributed by atoms with van der Waals surface area (Å²) in [5.74, 6) is -0.815. The molecule has 0 spiro atoms. The molecule has 170 valence electrons. The zero-order chi connectivity index (χ0) is 22.7. The van der Waals surface area contributed by atoms with Crippen LogP contribution < -0.4 is 10.0 Å². The summed E-state index contributed by atoms with van der Waals surface area (Å²) in [6.07, 6.45) is 2.28. The zero-order valence-corrected chi connectivity index (χ0v) is 18.1. The molecule has 1 amide bonds. The molecule has 0 bridgehead atoms. The Morgan fingerprint density at radius 1 is 1.19 bits per heavy atom. The maximum Gasteiger partial charge on any atom is 0.293 e. The van der Waals surface area contributed by atoms with E-state index in [2.05, 4.69) is 10.2 Å². The highest BCUT2D eigenvalue weighted by Crippen LogP contribution is 2.30. The minimum atomic E-state index is -4.29. The van der Waals surface area contributed by atoms with Crippen molar-refractivity contribution in [2.75, 3.05) is 31.6 Å². The monoisotopic (exact) mass is 460 g/mol. The number of nitrogens with zero attached hydrogens (tertiary/aromatic N) is 2. The van der Waals surface area contributed by atoms with Crippen LogP contribution in [0.5, 0.6) is 0 Å². The standard InChI is InChI=1S/C21H24N4O6S/c26-21(15-4-2-1-3-5-15)23-32(29,30)18-8-9-19(20(12-18)25(27)28)22-13-17-14-24(10-11-31-17)16-6-7-16/h1-5,8-9,12,16-17,22H,6-7,10-11,13-14H2,(H,23,26)/t17-/m0/s1. The molecule has 1 aliphatic heterocycles. The molecule has 1 aliphatic carbocycles. The fourth-order valence-corrected chi connectivity index (χ4v) is 4.66. The maximum atomic E-state index is 12.6. The normalized spacial score (nSPS) is 19.3. The Morgan fingerprint density at radius 2 is 1.94 bits per heavy atom. The number of rotatable bonds is 8. The molecule has 1 heterocycles. The molecule has 4 rings (SSSR count). The van der Waals surface area contributed by atoms with E-state index in [0.29, 0.717) is 19.2 Å². The Balaban J connectivity index is 1.46. The molecule has 2 aromatic rings. The topological polar surface area (TPSA) is 131 Å². The summed E-state index contributed by atoms with van der Waals surface area (Å²) >= 11 is 0. The van der Waals surface area contributed by atoms with Crippen molar-refractivity contribution in [3.05, 3.63) is 64.2 Å². The van der Waals surface area contributed by atoms with Crippen molar-refractivity contribution in [3.8, 4) is 0 Å². The highest BCUT2D eigenvalue weighted by Gasteiger charge is 2.33. The van der Waals surface area contributed by atoms with E-state index in [4.69, 9.17) is 4.74 Å². The third-order valence-electron chi connectivity index (χ3n) is 5.49. The van der Waals surface area contributed by atoms with Crippen LogP contribution in [0.3, 0.4) is 0 Å². The lowest BCUT2D eigenvalue weighted by molar-refractivity contribution is -0.384. The summed E-state index contributed by atoms with van der Waals surface area (Å²) in [5.41, 5.74) is -0.0399. The minimum Gasteiger partial charge on any atom is -0.377 e. The maximum absolute atomic E-state index is 12.6. The molecular weight excluding hydrogens is 436 g/mol. The highest BCUT2D eigenvalue weighted by atomic mass is 32.2. The van der Waals surface area contributed by atoms with Gasteiger partial charge in [0.25, 0.3) is 21.6 Å². The van der Waals surface area contributed by atoms with E-state index in [0.717, 1.165) is 19.2 Å². The van der Waals surface area contributed by atoms with Crippen LogP contribution in [0.15, 0.2) is 53.4 Å². The van der Waals surface area contributed by atoms with Gasteiger partial charge in [-0.05, 0) is 37.1 Å². The van der Waals surface area contributed by atoms with E-state index >= 15 is 0 Å². The molecule has 1 saturated heterocycles. The summed E-state index contributed by atoms with van der Waals surface area (Å²) in [6, 6.07) is 12.0. The average Bonchev–Trinajstić information content (AvgIpc) is 3.63. The van der Waals surface area contributed by atoms with Gasteiger partial charge in [-0.15, -0.1) is 0 Å². The number of nitro groups is 1. The van der Waals surface area contributed by atoms with Crippen LogP contribution in [0, 0.1) is 10.1 Å². The lowest BCUT2D eigenvalue weighted by Gasteiger charge is -2.33. The highest BCUT2D eigenvalue weighted by molar-refractivity contribution is 7.90. The van der Waals surface area contributed by atoms with Crippen LogP contribution in [-0.4, -0.2) is 62.5 Å². The van der Waals surface area contributed by atoms with Gasteiger partial charge in [0.1, 0.15) is 5.69 Å². The number of morpholine rings is 1. The molecule has 0 radical (unpaired) electrons. The molecular formula is C21H24N4O6S. The van der Waals surface area contributed by atoms with Crippen LogP contribution in [0.1, 0.15) is 23.2 Å². The smallest absolute Gasteiger partial charge is 0.293 e. The van der Waals surface area contributed by atoms with Gasteiger partial charge < -0.3 is 10.1 Å². The molecule has 1 atom stereocenters. The fraction of sp³-hybridized carbons (Fsp3) is 0.381. The molecule has 2 aliphatic rings. The van der Waals surface area contributed by atoms with Crippen LogP contribution in [0.25, 0.3) is 0 Å². The Morgan fingerprint density at radius 3 is 2.62 bits per heavy atom. The van der Waals surface area contributed by atoms with Crippen LogP contribution in [-0.2, 0) is 14.8 Å². The number of carbonyl (C=O) groups excluding carboxylic acids is 1. The van der Waals surface area contributed by atoms with Gasteiger partial charge >= 0.3 is 0 Å². The van der Waals surface area contributed by atoms with Gasteiger partial charge in [0.15, 0.2) is 0 Å². The van der Waals surface area contributed by atoms with Gasteiger partial charge in [-0.1, -0.05) is 18.2 Å². The molecule has 11 heteroatoms. The number of ether oxygens (including phenoxy) is 1. The zero-order valence-electron chi connectivity index (χ0n) is 17.3. The molecule has 0 aromatic heterocycles. The van der Waals surface area contributed by atoms with Crippen molar-refractivity contribution in [2.45, 2.75) is 29.9 Å². The molecule has 0 unspecified atom stereocenters. The minimum absolute atomic E-state index is 0.113. The van der Waals surface area contributed by atoms with Gasteiger partial charge in [-0.3, -0.25) is 19.8 Å². The summed E-state index contributed by atoms with van der Waals surface area (Å²) in [7, 11) is -4.29. The third kappa shape index (κ3) is 5.23. The quantitative estimate of drug-likeness (QED) is 0.452. The Bertz CT molecular complexity index is 1100. The van der Waals surface area contributed by atoms with Gasteiger partial charge in [0, 0.05) is 37.3 Å². The molecule has 32 heavy (non-hydrogen) atoms. The Labute approximate surface area is 185 Å². The van der Waals surface area contributed by atoms with E-state index in [9.17, 15) is 23.3 Å². The van der Waals surface area contributed by atoms with E-state index in [1.807, 2.05) is 4.72 Å². The first-order chi connectivity index (χ1) is 15.3. The van der Waals surface area contributed by atoms with Crippen molar-refractivity contribution < 1.29 is 22.9 Å². The Hall–Kier alpha value is -3.02. The fourth-order valence-electron chi connectivity index (χ4n) is 3.67. The summed E-state index contributed by atoms with van der Waals surface area (Å²) in [6.45, 7) is 2.62. The van der Waals surface area contributed by atoms with Crippen molar-refractivity contribution in [1.82, 2.24) is 9.62 Å². The molecule has 2 fully saturated rings. The van der Waals surface area contributed by atoms with Crippen molar-refractivity contribution in [2.24, 2.45) is 0 Å². The van der Waals surface area contributed by atoms with E-state index in [-0.39, 0.29) is 22.3 Å². The first kappa shape index (κ1) is 22.2. The average molecular weight is 461 g/mol. The first-order valence-corrected chi connectivity index (χ1v) is 11.8. The number of amides is 1. The predicted octanol–water partition coefficient (Wildman–Crippen LogP) is 1.99. The number of sulfonamides is 1.